The minimum atomic E-state index is -4.48. The Morgan fingerprint density at radius 2 is 1.39 bits per heavy atom. The van der Waals surface area contributed by atoms with E-state index in [1.807, 2.05) is 72.5 Å². The fourth-order valence-corrected chi connectivity index (χ4v) is 5.25. The Kier molecular flexibility index (Phi) is 13.5. The van der Waals surface area contributed by atoms with Crippen molar-refractivity contribution in [1.82, 2.24) is 4.90 Å². The van der Waals surface area contributed by atoms with Gasteiger partial charge in [-0.05, 0) is 46.5 Å². The molecule has 234 valence electrons. The molecule has 10 heteroatoms. The van der Waals surface area contributed by atoms with Gasteiger partial charge in [0.15, 0.2) is 0 Å². The number of rotatable bonds is 13. The molecule has 0 aromatic heterocycles. The van der Waals surface area contributed by atoms with Gasteiger partial charge >= 0.3 is 12.1 Å². The number of hydrogen-bond donors (Lipinski definition) is 2. The number of nitrogens with zero attached hydrogens (tertiary/aromatic N) is 1. The number of aliphatic carboxylic acids is 1. The quantitative estimate of drug-likeness (QED) is 0.112. The van der Waals surface area contributed by atoms with Gasteiger partial charge in [-0.1, -0.05) is 91.9 Å². The van der Waals surface area contributed by atoms with E-state index in [1.165, 1.54) is 6.07 Å². The highest BCUT2D eigenvalue weighted by atomic mass is 35.5. The molecule has 0 amide bonds. The van der Waals surface area contributed by atoms with Gasteiger partial charge in [-0.25, -0.2) is 0 Å². The number of carboxylic acids is 1. The summed E-state index contributed by atoms with van der Waals surface area (Å²) in [6.45, 7) is 3.19. The summed E-state index contributed by atoms with van der Waals surface area (Å²) >= 11 is 10.6. The molecule has 5 nitrogen and oxygen atoms in total. The second kappa shape index (κ2) is 17.1. The molecule has 4 aromatic rings. The summed E-state index contributed by atoms with van der Waals surface area (Å²) in [5.41, 5.74) is 1.56. The van der Waals surface area contributed by atoms with Crippen LogP contribution < -0.4 is 4.74 Å². The van der Waals surface area contributed by atoms with Crippen LogP contribution in [0.25, 0.3) is 0 Å². The molecule has 2 N–H and O–H groups in total. The van der Waals surface area contributed by atoms with Crippen molar-refractivity contribution in [1.29, 1.82) is 0 Å². The zero-order valence-corrected chi connectivity index (χ0v) is 25.5. The normalized spacial score (nSPS) is 12.8. The van der Waals surface area contributed by atoms with Crippen LogP contribution in [0.5, 0.6) is 5.75 Å². The molecule has 0 saturated heterocycles. The van der Waals surface area contributed by atoms with Crippen LogP contribution in [0.15, 0.2) is 109 Å². The molecule has 0 aliphatic rings. The monoisotopic (exact) mass is 647 g/mol. The van der Waals surface area contributed by atoms with Gasteiger partial charge in [-0.2, -0.15) is 13.2 Å². The van der Waals surface area contributed by atoms with Crippen molar-refractivity contribution in [3.05, 3.63) is 137 Å². The van der Waals surface area contributed by atoms with Crippen molar-refractivity contribution < 1.29 is 32.5 Å². The standard InChI is InChI=1S/C34H33ClF3NO3.ClHO/c1-24(23-42-30-17-8-10-25(18-30)19-32(40)41)21-39(33(35)28-15-9-16-29(20-28)34(36,37)38)22-31(26-11-4-2-5-12-26)27-13-6-3-7-14-27;1-2/h2-18,20,24,31,33H,19,21-23H2,1H3,(H,40,41);2H/t24?,33-;/m0./s1. The first-order valence-corrected chi connectivity index (χ1v) is 14.6. The molecular formula is C34H34Cl2F3NO4. The predicted octanol–water partition coefficient (Wildman–Crippen LogP) is 8.55. The van der Waals surface area contributed by atoms with Crippen LogP contribution in [0.3, 0.4) is 0 Å². The first-order valence-electron chi connectivity index (χ1n) is 13.9. The maximum atomic E-state index is 13.5. The first-order chi connectivity index (χ1) is 21.1. The molecule has 0 aliphatic carbocycles. The van der Waals surface area contributed by atoms with Gasteiger partial charge in [0, 0.05) is 24.9 Å². The molecule has 0 aliphatic heterocycles. The third kappa shape index (κ3) is 10.6. The van der Waals surface area contributed by atoms with Crippen LogP contribution in [-0.4, -0.2) is 40.3 Å². The predicted molar refractivity (Wildman–Crippen MR) is 167 cm³/mol. The highest BCUT2D eigenvalue weighted by molar-refractivity contribution is 6.20. The fourth-order valence-electron chi connectivity index (χ4n) is 4.95. The molecule has 0 fully saturated rings. The molecule has 2 atom stereocenters. The summed E-state index contributed by atoms with van der Waals surface area (Å²) in [7, 11) is 0. The van der Waals surface area contributed by atoms with Crippen molar-refractivity contribution in [2.24, 2.45) is 5.92 Å². The van der Waals surface area contributed by atoms with Crippen LogP contribution in [0, 0.1) is 5.92 Å². The van der Waals surface area contributed by atoms with Gasteiger partial charge in [0.1, 0.15) is 11.3 Å². The van der Waals surface area contributed by atoms with Gasteiger partial charge in [0.25, 0.3) is 0 Å². The number of carboxylic acid groups (broad SMARTS) is 1. The van der Waals surface area contributed by atoms with E-state index in [4.69, 9.17) is 26.1 Å². The van der Waals surface area contributed by atoms with E-state index >= 15 is 0 Å². The number of benzene rings is 4. The van der Waals surface area contributed by atoms with Crippen LogP contribution in [0.2, 0.25) is 0 Å². The Morgan fingerprint density at radius 1 is 0.818 bits per heavy atom. The molecule has 1 unspecified atom stereocenters. The molecule has 0 saturated carbocycles. The molecule has 0 bridgehead atoms. The summed E-state index contributed by atoms with van der Waals surface area (Å²) in [5, 5.41) is 9.10. The number of halogens is 5. The van der Waals surface area contributed by atoms with Gasteiger partial charge in [0.05, 0.1) is 30.5 Å². The maximum Gasteiger partial charge on any atom is 0.416 e. The molecular weight excluding hydrogens is 614 g/mol. The van der Waals surface area contributed by atoms with Gasteiger partial charge in [0.2, 0.25) is 0 Å². The van der Waals surface area contributed by atoms with Crippen molar-refractivity contribution >= 4 is 29.4 Å². The summed E-state index contributed by atoms with van der Waals surface area (Å²) in [4.78, 5) is 13.1. The number of hydrogen-bond acceptors (Lipinski definition) is 4. The van der Waals surface area contributed by atoms with E-state index in [9.17, 15) is 18.0 Å². The smallest absolute Gasteiger partial charge is 0.416 e. The van der Waals surface area contributed by atoms with Crippen LogP contribution in [0.1, 0.15) is 46.2 Å². The minimum absolute atomic E-state index is 0.0626. The van der Waals surface area contributed by atoms with Crippen molar-refractivity contribution in [2.45, 2.75) is 30.9 Å². The Hall–Kier alpha value is -3.56. The second-order valence-corrected chi connectivity index (χ2v) is 10.8. The summed E-state index contributed by atoms with van der Waals surface area (Å²) in [6.07, 6.45) is -4.59. The zero-order chi connectivity index (χ0) is 32.1. The van der Waals surface area contributed by atoms with Crippen LogP contribution >= 0.6 is 23.5 Å². The average Bonchev–Trinajstić information content (AvgIpc) is 3.03. The van der Waals surface area contributed by atoms with Crippen LogP contribution in [0.4, 0.5) is 13.2 Å². The van der Waals surface area contributed by atoms with E-state index < -0.39 is 23.2 Å². The highest BCUT2D eigenvalue weighted by Gasteiger charge is 2.32. The van der Waals surface area contributed by atoms with E-state index in [1.54, 1.807) is 30.3 Å². The third-order valence-electron chi connectivity index (χ3n) is 6.97. The van der Waals surface area contributed by atoms with E-state index in [0.29, 0.717) is 36.6 Å². The van der Waals surface area contributed by atoms with E-state index in [0.717, 1.165) is 23.3 Å². The zero-order valence-electron chi connectivity index (χ0n) is 24.0. The van der Waals surface area contributed by atoms with E-state index in [-0.39, 0.29) is 18.3 Å². The SMILES string of the molecule is CC(COc1cccc(CC(=O)O)c1)CN(CC(c1ccccc1)c1ccccc1)[C@H](Cl)c1cccc(C(F)(F)F)c1.OCl. The molecule has 0 radical (unpaired) electrons. The lowest BCUT2D eigenvalue weighted by atomic mass is 9.90. The molecule has 44 heavy (non-hydrogen) atoms. The Labute approximate surface area is 265 Å². The minimum Gasteiger partial charge on any atom is -0.493 e. The lowest BCUT2D eigenvalue weighted by Crippen LogP contribution is -2.36. The van der Waals surface area contributed by atoms with Crippen molar-refractivity contribution in [3.8, 4) is 5.75 Å². The van der Waals surface area contributed by atoms with Gasteiger partial charge in [-0.15, -0.1) is 11.6 Å². The lowest BCUT2D eigenvalue weighted by Gasteiger charge is -2.34. The Morgan fingerprint density at radius 3 is 1.95 bits per heavy atom. The van der Waals surface area contributed by atoms with Crippen molar-refractivity contribution in [2.75, 3.05) is 19.7 Å². The van der Waals surface area contributed by atoms with Gasteiger partial charge < -0.3 is 9.84 Å². The average molecular weight is 649 g/mol. The Balaban J connectivity index is 0.00000259. The summed E-state index contributed by atoms with van der Waals surface area (Å²) in [5.74, 6) is -0.517. The van der Waals surface area contributed by atoms with E-state index in [2.05, 4.69) is 11.9 Å². The first kappa shape index (κ1) is 34.9. The maximum absolute atomic E-state index is 13.5. The molecule has 4 rings (SSSR count). The molecule has 0 spiro atoms. The topological polar surface area (TPSA) is 70.0 Å². The molecule has 4 aromatic carbocycles. The number of alkyl halides is 4. The van der Waals surface area contributed by atoms with Gasteiger partial charge in [-0.3, -0.25) is 14.4 Å². The third-order valence-corrected chi connectivity index (χ3v) is 7.49. The lowest BCUT2D eigenvalue weighted by molar-refractivity contribution is -0.138. The summed E-state index contributed by atoms with van der Waals surface area (Å²) in [6, 6.07) is 32.0. The molecule has 0 heterocycles. The number of ether oxygens (including phenoxy) is 1. The Bertz CT molecular complexity index is 1400. The van der Waals surface area contributed by atoms with Crippen LogP contribution in [-0.2, 0) is 17.4 Å². The second-order valence-electron chi connectivity index (χ2n) is 10.4. The summed E-state index contributed by atoms with van der Waals surface area (Å²) < 4.78 is 53.1. The largest absolute Gasteiger partial charge is 0.493 e. The fraction of sp³-hybridized carbons (Fsp3) is 0.265. The highest BCUT2D eigenvalue weighted by Crippen LogP contribution is 2.36. The number of carbonyl (C=O) groups is 1. The van der Waals surface area contributed by atoms with Crippen molar-refractivity contribution in [3.63, 3.8) is 0 Å².